The minimum Gasteiger partial charge on any atom is -0.345 e. The monoisotopic (exact) mass is 211 g/mol. The van der Waals surface area contributed by atoms with Gasteiger partial charge in [-0.1, -0.05) is 0 Å². The summed E-state index contributed by atoms with van der Waals surface area (Å²) in [5, 5.41) is 4.63. The number of hydrogen-bond donors (Lipinski definition) is 1. The molecular weight excluding hydrogens is 194 g/mol. The number of nitrogens with zero attached hydrogens (tertiary/aromatic N) is 2. The normalized spacial score (nSPS) is 22.8. The zero-order valence-corrected chi connectivity index (χ0v) is 9.82. The van der Waals surface area contributed by atoms with Crippen LogP contribution in [0.1, 0.15) is 17.5 Å². The van der Waals surface area contributed by atoms with Crippen molar-refractivity contribution in [2.24, 2.45) is 0 Å². The van der Waals surface area contributed by atoms with Gasteiger partial charge in [0.25, 0.3) is 0 Å². The van der Waals surface area contributed by atoms with Crippen LogP contribution in [0.15, 0.2) is 0 Å². The molecule has 1 aromatic heterocycles. The highest BCUT2D eigenvalue weighted by molar-refractivity contribution is 7.15. The first-order valence-corrected chi connectivity index (χ1v) is 5.91. The van der Waals surface area contributed by atoms with E-state index in [0.717, 1.165) is 19.6 Å². The van der Waals surface area contributed by atoms with Gasteiger partial charge in [-0.2, -0.15) is 0 Å². The number of nitrogens with one attached hydrogen (secondary N) is 1. The van der Waals surface area contributed by atoms with Gasteiger partial charge in [-0.25, -0.2) is 4.98 Å². The molecule has 0 aromatic carbocycles. The molecule has 0 spiro atoms. The van der Waals surface area contributed by atoms with Crippen LogP contribution in [0.4, 0.5) is 5.13 Å². The van der Waals surface area contributed by atoms with Crippen molar-refractivity contribution in [1.29, 1.82) is 0 Å². The van der Waals surface area contributed by atoms with Gasteiger partial charge in [-0.15, -0.1) is 11.3 Å². The fourth-order valence-electron chi connectivity index (χ4n) is 1.70. The fourth-order valence-corrected chi connectivity index (χ4v) is 2.64. The second-order valence-electron chi connectivity index (χ2n) is 3.94. The maximum Gasteiger partial charge on any atom is 0.185 e. The minimum atomic E-state index is 0.577. The Balaban J connectivity index is 2.14. The third-order valence-electron chi connectivity index (χ3n) is 2.66. The molecule has 0 bridgehead atoms. The summed E-state index contributed by atoms with van der Waals surface area (Å²) in [7, 11) is 0. The molecule has 1 atom stereocenters. The van der Waals surface area contributed by atoms with Crippen LogP contribution in [-0.4, -0.2) is 30.7 Å². The lowest BCUT2D eigenvalue weighted by Crippen LogP contribution is -2.49. The molecule has 0 aliphatic carbocycles. The van der Waals surface area contributed by atoms with E-state index < -0.39 is 0 Å². The molecule has 1 N–H and O–H groups in total. The number of rotatable bonds is 1. The summed E-state index contributed by atoms with van der Waals surface area (Å²) in [6.45, 7) is 9.67. The lowest BCUT2D eigenvalue weighted by Gasteiger charge is -2.31. The van der Waals surface area contributed by atoms with E-state index in [1.165, 1.54) is 15.7 Å². The van der Waals surface area contributed by atoms with E-state index in [1.54, 1.807) is 0 Å². The van der Waals surface area contributed by atoms with E-state index in [-0.39, 0.29) is 0 Å². The largest absolute Gasteiger partial charge is 0.345 e. The Morgan fingerprint density at radius 2 is 2.29 bits per heavy atom. The number of aryl methyl sites for hydroxylation is 2. The maximum absolute atomic E-state index is 4.58. The van der Waals surface area contributed by atoms with Gasteiger partial charge in [0.15, 0.2) is 5.13 Å². The van der Waals surface area contributed by atoms with E-state index in [2.05, 4.69) is 36.0 Å². The van der Waals surface area contributed by atoms with Crippen molar-refractivity contribution in [3.63, 3.8) is 0 Å². The molecular formula is C10H17N3S. The third-order valence-corrected chi connectivity index (χ3v) is 3.79. The zero-order chi connectivity index (χ0) is 10.1. The predicted octanol–water partition coefficient (Wildman–Crippen LogP) is 1.56. The molecule has 14 heavy (non-hydrogen) atoms. The topological polar surface area (TPSA) is 28.2 Å². The standard InChI is InChI=1S/C10H17N3S/c1-7-6-13(5-4-11-7)10-12-8(2)9(3)14-10/h7,11H,4-6H2,1-3H3/t7-/m0/s1. The van der Waals surface area contributed by atoms with Crippen LogP contribution in [-0.2, 0) is 0 Å². The molecule has 3 nitrogen and oxygen atoms in total. The third kappa shape index (κ3) is 1.91. The summed E-state index contributed by atoms with van der Waals surface area (Å²) in [5.41, 5.74) is 1.18. The lowest BCUT2D eigenvalue weighted by molar-refractivity contribution is 0.484. The van der Waals surface area contributed by atoms with Gasteiger partial charge in [0, 0.05) is 30.6 Å². The molecule has 2 heterocycles. The SMILES string of the molecule is Cc1nc(N2CCN[C@@H](C)C2)sc1C. The Bertz CT molecular complexity index is 302. The molecule has 0 saturated carbocycles. The first-order chi connectivity index (χ1) is 6.66. The summed E-state index contributed by atoms with van der Waals surface area (Å²) in [6.07, 6.45) is 0. The highest BCUT2D eigenvalue weighted by Crippen LogP contribution is 2.25. The molecule has 1 aliphatic heterocycles. The van der Waals surface area contributed by atoms with Crippen LogP contribution in [0.3, 0.4) is 0 Å². The fraction of sp³-hybridized carbons (Fsp3) is 0.700. The van der Waals surface area contributed by atoms with Crippen LogP contribution >= 0.6 is 11.3 Å². The first-order valence-electron chi connectivity index (χ1n) is 5.09. The van der Waals surface area contributed by atoms with Crippen molar-refractivity contribution in [3.8, 4) is 0 Å². The van der Waals surface area contributed by atoms with Crippen molar-refractivity contribution in [1.82, 2.24) is 10.3 Å². The molecule has 4 heteroatoms. The highest BCUT2D eigenvalue weighted by atomic mass is 32.1. The molecule has 1 fully saturated rings. The number of anilines is 1. The summed E-state index contributed by atoms with van der Waals surface area (Å²) in [5.74, 6) is 0. The van der Waals surface area contributed by atoms with Crippen molar-refractivity contribution < 1.29 is 0 Å². The van der Waals surface area contributed by atoms with Gasteiger partial charge in [0.05, 0.1) is 5.69 Å². The highest BCUT2D eigenvalue weighted by Gasteiger charge is 2.18. The second kappa shape index (κ2) is 3.87. The molecule has 78 valence electrons. The Morgan fingerprint density at radius 3 is 2.86 bits per heavy atom. The molecule has 0 amide bonds. The van der Waals surface area contributed by atoms with E-state index in [9.17, 15) is 0 Å². The van der Waals surface area contributed by atoms with Crippen LogP contribution < -0.4 is 10.2 Å². The van der Waals surface area contributed by atoms with Crippen LogP contribution in [0, 0.1) is 13.8 Å². The lowest BCUT2D eigenvalue weighted by atomic mass is 10.2. The quantitative estimate of drug-likeness (QED) is 0.764. The van der Waals surface area contributed by atoms with Gasteiger partial charge >= 0.3 is 0 Å². The Labute approximate surface area is 89.1 Å². The molecule has 1 aliphatic rings. The van der Waals surface area contributed by atoms with Crippen LogP contribution in [0.5, 0.6) is 0 Å². The van der Waals surface area contributed by atoms with Gasteiger partial charge in [0.2, 0.25) is 0 Å². The van der Waals surface area contributed by atoms with Crippen molar-refractivity contribution in [2.45, 2.75) is 26.8 Å². The van der Waals surface area contributed by atoms with Gasteiger partial charge in [0.1, 0.15) is 0 Å². The average molecular weight is 211 g/mol. The smallest absolute Gasteiger partial charge is 0.185 e. The Kier molecular flexibility index (Phi) is 2.74. The maximum atomic E-state index is 4.58. The molecule has 1 aromatic rings. The second-order valence-corrected chi connectivity index (χ2v) is 5.12. The van der Waals surface area contributed by atoms with Gasteiger partial charge in [-0.3, -0.25) is 0 Å². The van der Waals surface area contributed by atoms with Crippen molar-refractivity contribution in [3.05, 3.63) is 10.6 Å². The number of thiazole rings is 1. The van der Waals surface area contributed by atoms with E-state index in [0.29, 0.717) is 6.04 Å². The number of aromatic nitrogens is 1. The molecule has 0 unspecified atom stereocenters. The summed E-state index contributed by atoms with van der Waals surface area (Å²) in [4.78, 5) is 8.30. The van der Waals surface area contributed by atoms with E-state index >= 15 is 0 Å². The Morgan fingerprint density at radius 1 is 1.50 bits per heavy atom. The molecule has 1 saturated heterocycles. The molecule has 2 rings (SSSR count). The minimum absolute atomic E-state index is 0.577. The average Bonchev–Trinajstić information content (AvgIpc) is 2.47. The zero-order valence-electron chi connectivity index (χ0n) is 9.00. The number of piperazine rings is 1. The number of hydrogen-bond acceptors (Lipinski definition) is 4. The molecule has 0 radical (unpaired) electrons. The predicted molar refractivity (Wildman–Crippen MR) is 61.3 cm³/mol. The van der Waals surface area contributed by atoms with Crippen LogP contribution in [0.25, 0.3) is 0 Å². The van der Waals surface area contributed by atoms with Crippen molar-refractivity contribution >= 4 is 16.5 Å². The van der Waals surface area contributed by atoms with E-state index in [4.69, 9.17) is 0 Å². The summed E-state index contributed by atoms with van der Waals surface area (Å²) in [6, 6.07) is 0.577. The Hall–Kier alpha value is -0.610. The summed E-state index contributed by atoms with van der Waals surface area (Å²) >= 11 is 1.81. The summed E-state index contributed by atoms with van der Waals surface area (Å²) < 4.78 is 0. The van der Waals surface area contributed by atoms with Gasteiger partial charge in [-0.05, 0) is 20.8 Å². The van der Waals surface area contributed by atoms with Crippen LogP contribution in [0.2, 0.25) is 0 Å². The van der Waals surface area contributed by atoms with Gasteiger partial charge < -0.3 is 10.2 Å². The van der Waals surface area contributed by atoms with Crippen molar-refractivity contribution in [2.75, 3.05) is 24.5 Å². The van der Waals surface area contributed by atoms with E-state index in [1.807, 2.05) is 11.3 Å². The first kappa shape index (κ1) is 9.93.